The summed E-state index contributed by atoms with van der Waals surface area (Å²) in [6, 6.07) is 0. The minimum absolute atomic E-state index is 0.764. The maximum atomic E-state index is 3.52. The molecule has 0 amide bonds. The molecule has 0 bridgehead atoms. The molecular weight excluding hydrogens is 170 g/mol. The van der Waals surface area contributed by atoms with Gasteiger partial charge in [-0.25, -0.2) is 0 Å². The van der Waals surface area contributed by atoms with E-state index in [4.69, 9.17) is 0 Å². The van der Waals surface area contributed by atoms with E-state index in [1.54, 1.807) is 0 Å². The summed E-state index contributed by atoms with van der Waals surface area (Å²) in [4.78, 5) is 0. The third-order valence-corrected chi connectivity index (χ3v) is 4.98. The van der Waals surface area contributed by atoms with Gasteiger partial charge in [0.25, 0.3) is 0 Å². The SMILES string of the molecule is CCNCC1CC12CCCC(C)C2C. The van der Waals surface area contributed by atoms with Gasteiger partial charge in [0.2, 0.25) is 0 Å². The van der Waals surface area contributed by atoms with Crippen molar-refractivity contribution in [1.82, 2.24) is 5.32 Å². The molecule has 0 aromatic carbocycles. The Bertz CT molecular complexity index is 201. The van der Waals surface area contributed by atoms with Crippen molar-refractivity contribution in [2.45, 2.75) is 46.5 Å². The summed E-state index contributed by atoms with van der Waals surface area (Å²) in [6.07, 6.45) is 5.96. The monoisotopic (exact) mass is 195 g/mol. The van der Waals surface area contributed by atoms with Gasteiger partial charge in [0, 0.05) is 0 Å². The first-order valence-corrected chi connectivity index (χ1v) is 6.41. The van der Waals surface area contributed by atoms with Crippen molar-refractivity contribution in [2.24, 2.45) is 23.2 Å². The lowest BCUT2D eigenvalue weighted by molar-refractivity contribution is 0.144. The highest BCUT2D eigenvalue weighted by molar-refractivity contribution is 5.08. The zero-order valence-corrected chi connectivity index (χ0v) is 9.97. The Morgan fingerprint density at radius 1 is 1.36 bits per heavy atom. The Labute approximate surface area is 88.7 Å². The van der Waals surface area contributed by atoms with E-state index >= 15 is 0 Å². The van der Waals surface area contributed by atoms with Gasteiger partial charge < -0.3 is 5.32 Å². The summed E-state index contributed by atoms with van der Waals surface area (Å²) in [5.41, 5.74) is 0.764. The van der Waals surface area contributed by atoms with Crippen LogP contribution in [0.2, 0.25) is 0 Å². The molecule has 0 radical (unpaired) electrons. The third kappa shape index (κ3) is 1.60. The molecule has 0 heterocycles. The van der Waals surface area contributed by atoms with Gasteiger partial charge in [0.05, 0.1) is 0 Å². The predicted molar refractivity (Wildman–Crippen MR) is 61.3 cm³/mol. The quantitative estimate of drug-likeness (QED) is 0.730. The maximum Gasteiger partial charge on any atom is -0.00150 e. The second-order valence-corrected chi connectivity index (χ2v) is 5.60. The highest BCUT2D eigenvalue weighted by atomic mass is 14.9. The molecule has 1 N–H and O–H groups in total. The molecule has 0 aromatic heterocycles. The molecule has 2 fully saturated rings. The van der Waals surface area contributed by atoms with E-state index in [1.807, 2.05) is 0 Å². The Morgan fingerprint density at radius 2 is 2.14 bits per heavy atom. The summed E-state index contributed by atoms with van der Waals surface area (Å²) in [6.45, 7) is 9.57. The molecule has 1 spiro atoms. The van der Waals surface area contributed by atoms with Crippen LogP contribution in [0, 0.1) is 23.2 Å². The standard InChI is InChI=1S/C13H25N/c1-4-14-9-12-8-13(12)7-5-6-10(2)11(13)3/h10-12,14H,4-9H2,1-3H3. The average Bonchev–Trinajstić information content (AvgIpc) is 2.86. The topological polar surface area (TPSA) is 12.0 Å². The maximum absolute atomic E-state index is 3.52. The minimum atomic E-state index is 0.764. The number of hydrogen-bond donors (Lipinski definition) is 1. The fourth-order valence-electron chi connectivity index (χ4n) is 3.66. The summed E-state index contributed by atoms with van der Waals surface area (Å²) < 4.78 is 0. The lowest BCUT2D eigenvalue weighted by Crippen LogP contribution is -2.29. The van der Waals surface area contributed by atoms with Gasteiger partial charge in [-0.1, -0.05) is 33.6 Å². The van der Waals surface area contributed by atoms with E-state index < -0.39 is 0 Å². The smallest absolute Gasteiger partial charge is 0.00150 e. The summed E-state index contributed by atoms with van der Waals surface area (Å²) in [5.74, 6) is 2.94. The second-order valence-electron chi connectivity index (χ2n) is 5.60. The highest BCUT2D eigenvalue weighted by Crippen LogP contribution is 2.64. The largest absolute Gasteiger partial charge is 0.317 e. The third-order valence-electron chi connectivity index (χ3n) is 4.98. The Hall–Kier alpha value is -0.0400. The molecule has 1 heteroatoms. The molecule has 0 aromatic rings. The summed E-state index contributed by atoms with van der Waals surface area (Å²) >= 11 is 0. The van der Waals surface area contributed by atoms with E-state index in [2.05, 4.69) is 26.1 Å². The average molecular weight is 195 g/mol. The van der Waals surface area contributed by atoms with Gasteiger partial charge in [0.15, 0.2) is 0 Å². The van der Waals surface area contributed by atoms with Crippen molar-refractivity contribution in [3.05, 3.63) is 0 Å². The molecule has 2 aliphatic rings. The fourth-order valence-corrected chi connectivity index (χ4v) is 3.66. The van der Waals surface area contributed by atoms with E-state index in [-0.39, 0.29) is 0 Å². The molecule has 4 atom stereocenters. The zero-order valence-electron chi connectivity index (χ0n) is 9.97. The van der Waals surface area contributed by atoms with E-state index in [0.717, 1.165) is 29.7 Å². The molecular formula is C13H25N. The van der Waals surface area contributed by atoms with Gasteiger partial charge in [-0.05, 0) is 49.1 Å². The molecule has 14 heavy (non-hydrogen) atoms. The van der Waals surface area contributed by atoms with Crippen molar-refractivity contribution in [3.63, 3.8) is 0 Å². The van der Waals surface area contributed by atoms with E-state index in [0.29, 0.717) is 0 Å². The van der Waals surface area contributed by atoms with Crippen LogP contribution in [0.1, 0.15) is 46.5 Å². The van der Waals surface area contributed by atoms with Crippen LogP contribution in [-0.4, -0.2) is 13.1 Å². The van der Waals surface area contributed by atoms with Gasteiger partial charge in [0.1, 0.15) is 0 Å². The summed E-state index contributed by atoms with van der Waals surface area (Å²) in [5, 5.41) is 3.52. The molecule has 2 rings (SSSR count). The Balaban J connectivity index is 1.91. The van der Waals surface area contributed by atoms with Gasteiger partial charge >= 0.3 is 0 Å². The molecule has 0 aliphatic heterocycles. The van der Waals surface area contributed by atoms with Gasteiger partial charge in [-0.2, -0.15) is 0 Å². The second kappa shape index (κ2) is 3.84. The van der Waals surface area contributed by atoms with Gasteiger partial charge in [-0.3, -0.25) is 0 Å². The van der Waals surface area contributed by atoms with Crippen molar-refractivity contribution in [3.8, 4) is 0 Å². The zero-order chi connectivity index (χ0) is 10.2. The van der Waals surface area contributed by atoms with Crippen LogP contribution in [-0.2, 0) is 0 Å². The normalized spacial score (nSPS) is 46.9. The first-order chi connectivity index (χ1) is 6.70. The highest BCUT2D eigenvalue weighted by Gasteiger charge is 2.58. The van der Waals surface area contributed by atoms with Gasteiger partial charge in [-0.15, -0.1) is 0 Å². The first kappa shape index (κ1) is 10.5. The molecule has 2 saturated carbocycles. The number of nitrogens with one attached hydrogen (secondary N) is 1. The van der Waals surface area contributed by atoms with Crippen molar-refractivity contribution in [2.75, 3.05) is 13.1 Å². The lowest BCUT2D eigenvalue weighted by Gasteiger charge is -2.35. The van der Waals surface area contributed by atoms with Crippen LogP contribution < -0.4 is 5.32 Å². The van der Waals surface area contributed by atoms with E-state index in [1.165, 1.54) is 32.2 Å². The van der Waals surface area contributed by atoms with E-state index in [9.17, 15) is 0 Å². The van der Waals surface area contributed by atoms with Crippen LogP contribution in [0.25, 0.3) is 0 Å². The predicted octanol–water partition coefficient (Wildman–Crippen LogP) is 3.06. The Morgan fingerprint density at radius 3 is 2.86 bits per heavy atom. The van der Waals surface area contributed by atoms with Crippen LogP contribution >= 0.6 is 0 Å². The van der Waals surface area contributed by atoms with Crippen LogP contribution in [0.5, 0.6) is 0 Å². The van der Waals surface area contributed by atoms with Crippen molar-refractivity contribution >= 4 is 0 Å². The fraction of sp³-hybridized carbons (Fsp3) is 1.00. The number of rotatable bonds is 3. The van der Waals surface area contributed by atoms with Crippen molar-refractivity contribution < 1.29 is 0 Å². The Kier molecular flexibility index (Phi) is 2.88. The van der Waals surface area contributed by atoms with Crippen molar-refractivity contribution in [1.29, 1.82) is 0 Å². The van der Waals surface area contributed by atoms with Crippen LogP contribution in [0.15, 0.2) is 0 Å². The number of hydrogen-bond acceptors (Lipinski definition) is 1. The van der Waals surface area contributed by atoms with Crippen LogP contribution in [0.3, 0.4) is 0 Å². The van der Waals surface area contributed by atoms with Crippen LogP contribution in [0.4, 0.5) is 0 Å². The first-order valence-electron chi connectivity index (χ1n) is 6.41. The summed E-state index contributed by atoms with van der Waals surface area (Å²) in [7, 11) is 0. The molecule has 1 nitrogen and oxygen atoms in total. The minimum Gasteiger partial charge on any atom is -0.317 e. The molecule has 82 valence electrons. The molecule has 4 unspecified atom stereocenters. The molecule has 0 saturated heterocycles. The lowest BCUT2D eigenvalue weighted by atomic mass is 9.70. The molecule has 2 aliphatic carbocycles.